The van der Waals surface area contributed by atoms with E-state index in [9.17, 15) is 4.79 Å². The van der Waals surface area contributed by atoms with Gasteiger partial charge in [-0.1, -0.05) is 30.3 Å². The second-order valence-electron chi connectivity index (χ2n) is 4.71. The summed E-state index contributed by atoms with van der Waals surface area (Å²) in [6.45, 7) is 2.34. The van der Waals surface area contributed by atoms with Crippen molar-refractivity contribution in [1.29, 1.82) is 0 Å². The van der Waals surface area contributed by atoms with E-state index in [1.165, 1.54) is 5.56 Å². The summed E-state index contributed by atoms with van der Waals surface area (Å²) in [6.07, 6.45) is 0.833. The molecular weight excluding hydrogens is 292 g/mol. The quantitative estimate of drug-likeness (QED) is 0.892. The molecule has 1 amide bonds. The van der Waals surface area contributed by atoms with Gasteiger partial charge in [-0.3, -0.25) is 4.79 Å². The minimum absolute atomic E-state index is 0. The van der Waals surface area contributed by atoms with E-state index in [1.54, 1.807) is 18.3 Å². The predicted octanol–water partition coefficient (Wildman–Crippen LogP) is 2.70. The van der Waals surface area contributed by atoms with Gasteiger partial charge in [-0.05, 0) is 41.3 Å². The average Bonchev–Trinajstić information content (AvgIpc) is 2.93. The molecule has 1 heterocycles. The molecule has 2 rings (SSSR count). The Kier molecular flexibility index (Phi) is 6.20. The molecule has 0 aliphatic heterocycles. The highest BCUT2D eigenvalue weighted by Gasteiger charge is 2.29. The van der Waals surface area contributed by atoms with E-state index in [2.05, 4.69) is 16.8 Å². The van der Waals surface area contributed by atoms with Crippen LogP contribution < -0.4 is 11.1 Å². The molecule has 0 fully saturated rings. The van der Waals surface area contributed by atoms with E-state index in [0.717, 1.165) is 12.0 Å². The molecule has 1 unspecified atom stereocenters. The third kappa shape index (κ3) is 4.07. The van der Waals surface area contributed by atoms with Gasteiger partial charge in [0.25, 0.3) is 0 Å². The molecule has 3 N–H and O–H groups in total. The van der Waals surface area contributed by atoms with E-state index in [0.29, 0.717) is 6.54 Å². The second-order valence-corrected chi connectivity index (χ2v) is 5.49. The first-order valence-corrected chi connectivity index (χ1v) is 7.19. The third-order valence-corrected chi connectivity index (χ3v) is 3.86. The van der Waals surface area contributed by atoms with Gasteiger partial charge in [-0.25, -0.2) is 0 Å². The molecule has 0 saturated carbocycles. The number of nitrogens with one attached hydrogen (secondary N) is 1. The summed E-state index contributed by atoms with van der Waals surface area (Å²) in [5.41, 5.74) is 7.20. The fraction of sp³-hybridized carbons (Fsp3) is 0.267. The first-order chi connectivity index (χ1) is 9.10. The van der Waals surface area contributed by atoms with Crippen molar-refractivity contribution in [3.05, 3.63) is 58.3 Å². The molecule has 0 saturated heterocycles. The highest BCUT2D eigenvalue weighted by molar-refractivity contribution is 7.07. The number of halogens is 1. The van der Waals surface area contributed by atoms with Crippen molar-refractivity contribution in [2.75, 3.05) is 6.54 Å². The van der Waals surface area contributed by atoms with Crippen LogP contribution in [0.3, 0.4) is 0 Å². The zero-order chi connectivity index (χ0) is 13.7. The number of carbonyl (C=O) groups excluding carboxylic acids is 1. The number of thiophene rings is 1. The Balaban J connectivity index is 0.00000200. The smallest absolute Gasteiger partial charge is 0.244 e. The van der Waals surface area contributed by atoms with Crippen molar-refractivity contribution in [3.63, 3.8) is 0 Å². The van der Waals surface area contributed by atoms with Gasteiger partial charge >= 0.3 is 0 Å². The lowest BCUT2D eigenvalue weighted by atomic mass is 9.92. The summed E-state index contributed by atoms with van der Waals surface area (Å²) in [4.78, 5) is 12.2. The third-order valence-electron chi connectivity index (χ3n) is 3.12. The molecule has 20 heavy (non-hydrogen) atoms. The monoisotopic (exact) mass is 310 g/mol. The summed E-state index contributed by atoms with van der Waals surface area (Å²) in [6, 6.07) is 11.5. The maximum absolute atomic E-state index is 12.2. The van der Waals surface area contributed by atoms with Crippen LogP contribution in [0.4, 0.5) is 0 Å². The number of carbonyl (C=O) groups is 1. The molecule has 108 valence electrons. The summed E-state index contributed by atoms with van der Waals surface area (Å²) in [5, 5.41) is 7.02. The number of rotatable bonds is 5. The van der Waals surface area contributed by atoms with Gasteiger partial charge in [-0.15, -0.1) is 12.4 Å². The zero-order valence-corrected chi connectivity index (χ0v) is 13.0. The molecule has 1 atom stereocenters. The van der Waals surface area contributed by atoms with Crippen LogP contribution in [0.5, 0.6) is 0 Å². The van der Waals surface area contributed by atoms with Crippen LogP contribution in [0, 0.1) is 0 Å². The van der Waals surface area contributed by atoms with Gasteiger partial charge in [-0.2, -0.15) is 11.3 Å². The highest BCUT2D eigenvalue weighted by Crippen LogP contribution is 2.17. The Hall–Kier alpha value is -1.36. The van der Waals surface area contributed by atoms with Gasteiger partial charge in [0.15, 0.2) is 0 Å². The first kappa shape index (κ1) is 16.7. The minimum Gasteiger partial charge on any atom is -0.354 e. The normalized spacial score (nSPS) is 13.1. The minimum atomic E-state index is -0.990. The lowest BCUT2D eigenvalue weighted by Crippen LogP contribution is -2.49. The van der Waals surface area contributed by atoms with Crippen LogP contribution in [-0.2, 0) is 16.8 Å². The van der Waals surface area contributed by atoms with E-state index < -0.39 is 5.54 Å². The largest absolute Gasteiger partial charge is 0.354 e. The number of benzene rings is 1. The first-order valence-electron chi connectivity index (χ1n) is 6.24. The molecule has 0 bridgehead atoms. The Morgan fingerprint density at radius 3 is 2.60 bits per heavy atom. The summed E-state index contributed by atoms with van der Waals surface area (Å²) >= 11 is 1.66. The summed E-state index contributed by atoms with van der Waals surface area (Å²) < 4.78 is 0. The SMILES string of the molecule is CC(N)(C(=O)NCCc1ccsc1)c1ccccc1.Cl. The molecular formula is C15H19ClN2OS. The van der Waals surface area contributed by atoms with Crippen LogP contribution >= 0.6 is 23.7 Å². The van der Waals surface area contributed by atoms with E-state index in [4.69, 9.17) is 5.73 Å². The van der Waals surface area contributed by atoms with Crippen LogP contribution in [0.25, 0.3) is 0 Å². The fourth-order valence-corrected chi connectivity index (χ4v) is 2.56. The standard InChI is InChI=1S/C15H18N2OS.ClH/c1-15(16,13-5-3-2-4-6-13)14(18)17-9-7-12-8-10-19-11-12;/h2-6,8,10-11H,7,9,16H2,1H3,(H,17,18);1H. The zero-order valence-electron chi connectivity index (χ0n) is 11.3. The Morgan fingerprint density at radius 1 is 1.30 bits per heavy atom. The van der Waals surface area contributed by atoms with Crippen molar-refractivity contribution < 1.29 is 4.79 Å². The van der Waals surface area contributed by atoms with Crippen molar-refractivity contribution in [2.45, 2.75) is 18.9 Å². The molecule has 2 aromatic rings. The molecule has 0 radical (unpaired) electrons. The summed E-state index contributed by atoms with van der Waals surface area (Å²) in [5.74, 6) is -0.145. The van der Waals surface area contributed by atoms with E-state index in [-0.39, 0.29) is 18.3 Å². The fourth-order valence-electron chi connectivity index (χ4n) is 1.85. The number of amides is 1. The molecule has 3 nitrogen and oxygen atoms in total. The maximum Gasteiger partial charge on any atom is 0.244 e. The van der Waals surface area contributed by atoms with Crippen LogP contribution in [0.2, 0.25) is 0 Å². The molecule has 1 aromatic heterocycles. The average molecular weight is 311 g/mol. The maximum atomic E-state index is 12.2. The van der Waals surface area contributed by atoms with Crippen molar-refractivity contribution in [1.82, 2.24) is 5.32 Å². The van der Waals surface area contributed by atoms with Gasteiger partial charge in [0, 0.05) is 6.54 Å². The van der Waals surface area contributed by atoms with Gasteiger partial charge < -0.3 is 11.1 Å². The number of hydrogen-bond acceptors (Lipinski definition) is 3. The van der Waals surface area contributed by atoms with Gasteiger partial charge in [0.2, 0.25) is 5.91 Å². The molecule has 0 aliphatic rings. The lowest BCUT2D eigenvalue weighted by Gasteiger charge is -2.24. The molecule has 0 spiro atoms. The van der Waals surface area contributed by atoms with Crippen molar-refractivity contribution in [2.24, 2.45) is 5.73 Å². The van der Waals surface area contributed by atoms with Crippen LogP contribution in [-0.4, -0.2) is 12.5 Å². The van der Waals surface area contributed by atoms with Crippen LogP contribution in [0.1, 0.15) is 18.1 Å². The van der Waals surface area contributed by atoms with Crippen LogP contribution in [0.15, 0.2) is 47.2 Å². The van der Waals surface area contributed by atoms with E-state index in [1.807, 2.05) is 35.7 Å². The Bertz CT molecular complexity index is 526. The molecule has 5 heteroatoms. The Labute approximate surface area is 129 Å². The second kappa shape index (κ2) is 7.43. The van der Waals surface area contributed by atoms with Gasteiger partial charge in [0.1, 0.15) is 5.54 Å². The Morgan fingerprint density at radius 2 is 2.00 bits per heavy atom. The highest BCUT2D eigenvalue weighted by atomic mass is 35.5. The van der Waals surface area contributed by atoms with Gasteiger partial charge in [0.05, 0.1) is 0 Å². The lowest BCUT2D eigenvalue weighted by molar-refractivity contribution is -0.126. The van der Waals surface area contributed by atoms with Crippen molar-refractivity contribution >= 4 is 29.7 Å². The van der Waals surface area contributed by atoms with E-state index >= 15 is 0 Å². The van der Waals surface area contributed by atoms with Crippen molar-refractivity contribution in [3.8, 4) is 0 Å². The predicted molar refractivity (Wildman–Crippen MR) is 86.3 cm³/mol. The topological polar surface area (TPSA) is 55.1 Å². The number of hydrogen-bond donors (Lipinski definition) is 2. The molecule has 0 aliphatic carbocycles. The summed E-state index contributed by atoms with van der Waals surface area (Å²) in [7, 11) is 0. The number of nitrogens with two attached hydrogens (primary N) is 1. The molecule has 1 aromatic carbocycles.